The Balaban J connectivity index is 1.90. The average Bonchev–Trinajstić information content (AvgIpc) is 3.08. The topological polar surface area (TPSA) is 73.2 Å². The molecule has 100 valence electrons. The standard InChI is InChI=1S/C14H17N3O2/c1-2-9(6-15)14-16-7-11(17-14)10-3-4-12-13(5-10)19-8-18-12/h3-5,7,9H,2,6,8,15H2,1H3,(H,16,17). The Kier molecular flexibility index (Phi) is 3.13. The molecule has 3 rings (SSSR count). The first-order valence-corrected chi connectivity index (χ1v) is 6.46. The van der Waals surface area contributed by atoms with Gasteiger partial charge in [0.2, 0.25) is 6.79 Å². The number of fused-ring (bicyclic) bond motifs is 1. The molecule has 2 aromatic rings. The Morgan fingerprint density at radius 3 is 3.00 bits per heavy atom. The van der Waals surface area contributed by atoms with Crippen LogP contribution in [0.15, 0.2) is 24.4 Å². The fourth-order valence-corrected chi connectivity index (χ4v) is 2.23. The lowest BCUT2D eigenvalue weighted by molar-refractivity contribution is 0.174. The summed E-state index contributed by atoms with van der Waals surface area (Å²) >= 11 is 0. The summed E-state index contributed by atoms with van der Waals surface area (Å²) in [5.41, 5.74) is 7.75. The van der Waals surface area contributed by atoms with Crippen LogP contribution in [0.5, 0.6) is 11.5 Å². The quantitative estimate of drug-likeness (QED) is 0.883. The van der Waals surface area contributed by atoms with Gasteiger partial charge < -0.3 is 20.2 Å². The molecule has 1 aromatic carbocycles. The van der Waals surface area contributed by atoms with Crippen molar-refractivity contribution in [3.63, 3.8) is 0 Å². The zero-order chi connectivity index (χ0) is 13.2. The number of aromatic nitrogens is 2. The van der Waals surface area contributed by atoms with E-state index in [1.807, 2.05) is 24.4 Å². The summed E-state index contributed by atoms with van der Waals surface area (Å²) in [6.07, 6.45) is 2.82. The van der Waals surface area contributed by atoms with E-state index in [-0.39, 0.29) is 12.7 Å². The van der Waals surface area contributed by atoms with Crippen LogP contribution in [0.3, 0.4) is 0 Å². The maximum absolute atomic E-state index is 5.74. The number of ether oxygens (including phenoxy) is 2. The monoisotopic (exact) mass is 259 g/mol. The fraction of sp³-hybridized carbons (Fsp3) is 0.357. The third-order valence-electron chi connectivity index (χ3n) is 3.44. The molecule has 2 heterocycles. The highest BCUT2D eigenvalue weighted by Gasteiger charge is 2.16. The van der Waals surface area contributed by atoms with Gasteiger partial charge >= 0.3 is 0 Å². The van der Waals surface area contributed by atoms with E-state index >= 15 is 0 Å². The number of rotatable bonds is 4. The lowest BCUT2D eigenvalue weighted by atomic mass is 10.1. The van der Waals surface area contributed by atoms with Gasteiger partial charge in [0.1, 0.15) is 5.82 Å². The summed E-state index contributed by atoms with van der Waals surface area (Å²) in [4.78, 5) is 7.76. The zero-order valence-corrected chi connectivity index (χ0v) is 10.8. The number of H-pyrrole nitrogens is 1. The molecule has 0 aliphatic carbocycles. The maximum atomic E-state index is 5.74. The van der Waals surface area contributed by atoms with Gasteiger partial charge in [-0.05, 0) is 24.6 Å². The first-order chi connectivity index (χ1) is 9.31. The molecule has 0 radical (unpaired) electrons. The van der Waals surface area contributed by atoms with Crippen LogP contribution in [0.4, 0.5) is 0 Å². The molecule has 1 aromatic heterocycles. The molecule has 0 bridgehead atoms. The van der Waals surface area contributed by atoms with Gasteiger partial charge in [-0.1, -0.05) is 6.92 Å². The predicted octanol–water partition coefficient (Wildman–Crippen LogP) is 2.26. The molecule has 0 fully saturated rings. The maximum Gasteiger partial charge on any atom is 0.231 e. The SMILES string of the molecule is CCC(CN)c1ncc(-c2ccc3c(c2)OCO3)[nH]1. The Hall–Kier alpha value is -2.01. The number of hydrogen-bond donors (Lipinski definition) is 2. The number of imidazole rings is 1. The molecular formula is C14H17N3O2. The second-order valence-electron chi connectivity index (χ2n) is 4.59. The van der Waals surface area contributed by atoms with Gasteiger partial charge in [-0.25, -0.2) is 4.98 Å². The van der Waals surface area contributed by atoms with E-state index in [1.54, 1.807) is 0 Å². The van der Waals surface area contributed by atoms with Gasteiger partial charge in [0, 0.05) is 18.0 Å². The Morgan fingerprint density at radius 2 is 2.21 bits per heavy atom. The molecule has 5 heteroatoms. The molecule has 1 aliphatic heterocycles. The Morgan fingerprint density at radius 1 is 1.37 bits per heavy atom. The molecule has 19 heavy (non-hydrogen) atoms. The van der Waals surface area contributed by atoms with Crippen LogP contribution in [0.1, 0.15) is 25.1 Å². The third kappa shape index (κ3) is 2.17. The second kappa shape index (κ2) is 4.93. The van der Waals surface area contributed by atoms with E-state index < -0.39 is 0 Å². The first kappa shape index (κ1) is 12.0. The van der Waals surface area contributed by atoms with Crippen LogP contribution < -0.4 is 15.2 Å². The number of nitrogens with zero attached hydrogens (tertiary/aromatic N) is 1. The van der Waals surface area contributed by atoms with Crippen LogP contribution in [-0.2, 0) is 0 Å². The molecule has 1 aliphatic rings. The predicted molar refractivity (Wildman–Crippen MR) is 72.2 cm³/mol. The van der Waals surface area contributed by atoms with Gasteiger partial charge in [-0.15, -0.1) is 0 Å². The van der Waals surface area contributed by atoms with Gasteiger partial charge in [-0.3, -0.25) is 0 Å². The van der Waals surface area contributed by atoms with E-state index in [4.69, 9.17) is 15.2 Å². The largest absolute Gasteiger partial charge is 0.454 e. The molecule has 1 atom stereocenters. The van der Waals surface area contributed by atoms with E-state index in [0.29, 0.717) is 6.54 Å². The molecule has 0 spiro atoms. The van der Waals surface area contributed by atoms with Gasteiger partial charge in [0.05, 0.1) is 11.9 Å². The highest BCUT2D eigenvalue weighted by Crippen LogP contribution is 2.35. The lowest BCUT2D eigenvalue weighted by Crippen LogP contribution is -2.12. The minimum absolute atomic E-state index is 0.280. The van der Waals surface area contributed by atoms with Crippen LogP contribution in [-0.4, -0.2) is 23.3 Å². The third-order valence-corrected chi connectivity index (χ3v) is 3.44. The van der Waals surface area contributed by atoms with Crippen LogP contribution >= 0.6 is 0 Å². The van der Waals surface area contributed by atoms with Crippen molar-refractivity contribution >= 4 is 0 Å². The number of benzene rings is 1. The number of nitrogens with two attached hydrogens (primary N) is 1. The van der Waals surface area contributed by atoms with Crippen molar-refractivity contribution in [1.82, 2.24) is 9.97 Å². The van der Waals surface area contributed by atoms with Crippen molar-refractivity contribution in [2.24, 2.45) is 5.73 Å². The highest BCUT2D eigenvalue weighted by atomic mass is 16.7. The molecule has 0 saturated carbocycles. The Bertz CT molecular complexity index is 576. The minimum atomic E-state index is 0.280. The normalized spacial score (nSPS) is 14.6. The average molecular weight is 259 g/mol. The van der Waals surface area contributed by atoms with Crippen LogP contribution in [0, 0.1) is 0 Å². The summed E-state index contributed by atoms with van der Waals surface area (Å²) in [6.45, 7) is 3.00. The van der Waals surface area contributed by atoms with E-state index in [9.17, 15) is 0 Å². The minimum Gasteiger partial charge on any atom is -0.454 e. The van der Waals surface area contributed by atoms with Crippen LogP contribution in [0.2, 0.25) is 0 Å². The van der Waals surface area contributed by atoms with Gasteiger partial charge in [0.15, 0.2) is 11.5 Å². The zero-order valence-electron chi connectivity index (χ0n) is 10.8. The van der Waals surface area contributed by atoms with E-state index in [0.717, 1.165) is 35.0 Å². The van der Waals surface area contributed by atoms with E-state index in [2.05, 4.69) is 16.9 Å². The lowest BCUT2D eigenvalue weighted by Gasteiger charge is -2.08. The molecule has 0 amide bonds. The number of aromatic amines is 1. The van der Waals surface area contributed by atoms with Gasteiger partial charge in [-0.2, -0.15) is 0 Å². The van der Waals surface area contributed by atoms with Crippen molar-refractivity contribution in [3.05, 3.63) is 30.2 Å². The molecule has 0 saturated heterocycles. The molecule has 5 nitrogen and oxygen atoms in total. The summed E-state index contributed by atoms with van der Waals surface area (Å²) < 4.78 is 10.7. The van der Waals surface area contributed by atoms with Crippen molar-refractivity contribution in [1.29, 1.82) is 0 Å². The number of hydrogen-bond acceptors (Lipinski definition) is 4. The fourth-order valence-electron chi connectivity index (χ4n) is 2.23. The molecular weight excluding hydrogens is 242 g/mol. The Labute approximate surface area is 111 Å². The van der Waals surface area contributed by atoms with Crippen molar-refractivity contribution in [2.45, 2.75) is 19.3 Å². The van der Waals surface area contributed by atoms with Crippen molar-refractivity contribution in [3.8, 4) is 22.8 Å². The molecule has 1 unspecified atom stereocenters. The second-order valence-corrected chi connectivity index (χ2v) is 4.59. The smallest absolute Gasteiger partial charge is 0.231 e. The first-order valence-electron chi connectivity index (χ1n) is 6.46. The molecule has 3 N–H and O–H groups in total. The van der Waals surface area contributed by atoms with Crippen LogP contribution in [0.25, 0.3) is 11.3 Å². The summed E-state index contributed by atoms with van der Waals surface area (Å²) in [5, 5.41) is 0. The van der Waals surface area contributed by atoms with E-state index in [1.165, 1.54) is 0 Å². The van der Waals surface area contributed by atoms with Crippen molar-refractivity contribution < 1.29 is 9.47 Å². The van der Waals surface area contributed by atoms with Crippen molar-refractivity contribution in [2.75, 3.05) is 13.3 Å². The summed E-state index contributed by atoms with van der Waals surface area (Å²) in [6, 6.07) is 5.87. The number of nitrogens with one attached hydrogen (secondary N) is 1. The van der Waals surface area contributed by atoms with Gasteiger partial charge in [0.25, 0.3) is 0 Å². The summed E-state index contributed by atoms with van der Waals surface area (Å²) in [5.74, 6) is 2.79. The summed E-state index contributed by atoms with van der Waals surface area (Å²) in [7, 11) is 0. The highest BCUT2D eigenvalue weighted by molar-refractivity contribution is 5.64.